The first-order valence-corrected chi connectivity index (χ1v) is 6.32. The second-order valence-corrected chi connectivity index (χ2v) is 4.35. The molecule has 92 valence electrons. The lowest BCUT2D eigenvalue weighted by Crippen LogP contribution is -2.06. The number of unbranched alkanes of at least 4 members (excludes halogenated alkanes) is 5. The predicted molar refractivity (Wildman–Crippen MR) is 64.0 cm³/mol. The van der Waals surface area contributed by atoms with E-state index in [-0.39, 0.29) is 6.04 Å². The van der Waals surface area contributed by atoms with E-state index in [1.54, 1.807) is 0 Å². The van der Waals surface area contributed by atoms with Gasteiger partial charge < -0.3 is 10.3 Å². The normalized spacial score (nSPS) is 12.9. The fraction of sp³-hybridized carbons (Fsp3) is 0.833. The molecule has 1 unspecified atom stereocenters. The van der Waals surface area contributed by atoms with Gasteiger partial charge in [0, 0.05) is 6.42 Å². The van der Waals surface area contributed by atoms with Gasteiger partial charge in [0.2, 0.25) is 5.89 Å². The van der Waals surface area contributed by atoms with Crippen LogP contribution in [-0.2, 0) is 6.42 Å². The highest BCUT2D eigenvalue weighted by Gasteiger charge is 2.08. The summed E-state index contributed by atoms with van der Waals surface area (Å²) >= 11 is 0. The van der Waals surface area contributed by atoms with Crippen LogP contribution in [0.1, 0.15) is 70.1 Å². The fourth-order valence-electron chi connectivity index (χ4n) is 1.61. The summed E-state index contributed by atoms with van der Waals surface area (Å²) in [7, 11) is 0. The molecule has 0 amide bonds. The highest BCUT2D eigenvalue weighted by atomic mass is 16.5. The summed E-state index contributed by atoms with van der Waals surface area (Å²) in [5.74, 6) is 1.34. The van der Waals surface area contributed by atoms with Crippen LogP contribution in [-0.4, -0.2) is 10.1 Å². The van der Waals surface area contributed by atoms with Crippen molar-refractivity contribution in [1.29, 1.82) is 0 Å². The zero-order valence-electron chi connectivity index (χ0n) is 10.4. The van der Waals surface area contributed by atoms with Gasteiger partial charge in [0.1, 0.15) is 0 Å². The van der Waals surface area contributed by atoms with Crippen molar-refractivity contribution in [2.75, 3.05) is 0 Å². The van der Waals surface area contributed by atoms with Gasteiger partial charge in [0.05, 0.1) is 6.04 Å². The van der Waals surface area contributed by atoms with Gasteiger partial charge in [-0.15, -0.1) is 0 Å². The van der Waals surface area contributed by atoms with Crippen molar-refractivity contribution in [3.05, 3.63) is 11.7 Å². The van der Waals surface area contributed by atoms with Gasteiger partial charge in [0.15, 0.2) is 5.82 Å². The minimum atomic E-state index is -0.137. The first-order valence-electron chi connectivity index (χ1n) is 6.32. The van der Waals surface area contributed by atoms with Crippen LogP contribution in [0.4, 0.5) is 0 Å². The quantitative estimate of drug-likeness (QED) is 0.691. The van der Waals surface area contributed by atoms with Crippen molar-refractivity contribution in [2.45, 2.75) is 64.8 Å². The molecule has 0 aliphatic heterocycles. The van der Waals surface area contributed by atoms with E-state index in [4.69, 9.17) is 10.3 Å². The van der Waals surface area contributed by atoms with Crippen LogP contribution in [0, 0.1) is 0 Å². The lowest BCUT2D eigenvalue weighted by Gasteiger charge is -1.97. The van der Waals surface area contributed by atoms with Crippen LogP contribution in [0.5, 0.6) is 0 Å². The van der Waals surface area contributed by atoms with Crippen LogP contribution in [0.15, 0.2) is 4.52 Å². The van der Waals surface area contributed by atoms with Gasteiger partial charge in [-0.3, -0.25) is 0 Å². The van der Waals surface area contributed by atoms with Crippen molar-refractivity contribution in [2.24, 2.45) is 5.73 Å². The maximum atomic E-state index is 5.65. The van der Waals surface area contributed by atoms with Gasteiger partial charge >= 0.3 is 0 Å². The molecule has 0 spiro atoms. The molecular weight excluding hydrogens is 202 g/mol. The van der Waals surface area contributed by atoms with Gasteiger partial charge in [-0.1, -0.05) is 44.2 Å². The molecule has 1 atom stereocenters. The lowest BCUT2D eigenvalue weighted by atomic mass is 10.1. The minimum Gasteiger partial charge on any atom is -0.339 e. The SMILES string of the molecule is CCCCCCCCc1nc(C(C)N)no1. The molecule has 0 fully saturated rings. The second-order valence-electron chi connectivity index (χ2n) is 4.35. The zero-order chi connectivity index (χ0) is 11.8. The van der Waals surface area contributed by atoms with E-state index in [0.29, 0.717) is 5.82 Å². The minimum absolute atomic E-state index is 0.137. The smallest absolute Gasteiger partial charge is 0.226 e. The largest absolute Gasteiger partial charge is 0.339 e. The molecule has 0 aliphatic carbocycles. The summed E-state index contributed by atoms with van der Waals surface area (Å²) in [5.41, 5.74) is 5.65. The third-order valence-electron chi connectivity index (χ3n) is 2.64. The second kappa shape index (κ2) is 7.39. The molecule has 0 aliphatic rings. The van der Waals surface area contributed by atoms with Gasteiger partial charge in [-0.2, -0.15) is 4.98 Å². The highest BCUT2D eigenvalue weighted by Crippen LogP contribution is 2.10. The zero-order valence-corrected chi connectivity index (χ0v) is 10.4. The van der Waals surface area contributed by atoms with E-state index in [1.165, 1.54) is 32.1 Å². The molecule has 0 saturated heterocycles. The van der Waals surface area contributed by atoms with Gasteiger partial charge in [-0.25, -0.2) is 0 Å². The van der Waals surface area contributed by atoms with Crippen LogP contribution in [0.2, 0.25) is 0 Å². The van der Waals surface area contributed by atoms with Crippen LogP contribution in [0.25, 0.3) is 0 Å². The Morgan fingerprint density at radius 1 is 1.19 bits per heavy atom. The maximum absolute atomic E-state index is 5.65. The molecule has 1 heterocycles. The standard InChI is InChI=1S/C12H23N3O/c1-3-4-5-6-7-8-9-11-14-12(10(2)13)15-16-11/h10H,3-9,13H2,1-2H3. The Balaban J connectivity index is 2.12. The number of nitrogens with two attached hydrogens (primary N) is 1. The lowest BCUT2D eigenvalue weighted by molar-refractivity contribution is 0.366. The Hall–Kier alpha value is -0.900. The number of aromatic nitrogens is 2. The molecule has 0 radical (unpaired) electrons. The number of hydrogen-bond donors (Lipinski definition) is 1. The summed E-state index contributed by atoms with van der Waals surface area (Å²) in [4.78, 5) is 4.24. The van der Waals surface area contributed by atoms with Crippen molar-refractivity contribution in [3.63, 3.8) is 0 Å². The van der Waals surface area contributed by atoms with Crippen molar-refractivity contribution < 1.29 is 4.52 Å². The Morgan fingerprint density at radius 2 is 1.88 bits per heavy atom. The molecule has 16 heavy (non-hydrogen) atoms. The fourth-order valence-corrected chi connectivity index (χ4v) is 1.61. The molecule has 2 N–H and O–H groups in total. The van der Waals surface area contributed by atoms with E-state index in [9.17, 15) is 0 Å². The number of hydrogen-bond acceptors (Lipinski definition) is 4. The maximum Gasteiger partial charge on any atom is 0.226 e. The number of nitrogens with zero attached hydrogens (tertiary/aromatic N) is 2. The molecule has 0 saturated carbocycles. The van der Waals surface area contributed by atoms with E-state index in [0.717, 1.165) is 18.7 Å². The number of rotatable bonds is 8. The molecule has 4 nitrogen and oxygen atoms in total. The Labute approximate surface area is 97.6 Å². The van der Waals surface area contributed by atoms with E-state index >= 15 is 0 Å². The van der Waals surface area contributed by atoms with E-state index in [1.807, 2.05) is 6.92 Å². The van der Waals surface area contributed by atoms with Crippen molar-refractivity contribution in [3.8, 4) is 0 Å². The average Bonchev–Trinajstić information content (AvgIpc) is 2.72. The predicted octanol–water partition coefficient (Wildman–Crippen LogP) is 2.99. The molecule has 1 aromatic heterocycles. The van der Waals surface area contributed by atoms with Gasteiger partial charge in [0.25, 0.3) is 0 Å². The molecular formula is C12H23N3O. The Kier molecular flexibility index (Phi) is 6.08. The van der Waals surface area contributed by atoms with Crippen LogP contribution < -0.4 is 5.73 Å². The average molecular weight is 225 g/mol. The molecule has 0 aromatic carbocycles. The topological polar surface area (TPSA) is 64.9 Å². The Morgan fingerprint density at radius 3 is 2.50 bits per heavy atom. The van der Waals surface area contributed by atoms with Crippen LogP contribution in [0.3, 0.4) is 0 Å². The Bertz CT molecular complexity index is 284. The molecule has 1 aromatic rings. The van der Waals surface area contributed by atoms with E-state index in [2.05, 4.69) is 17.1 Å². The van der Waals surface area contributed by atoms with E-state index < -0.39 is 0 Å². The summed E-state index contributed by atoms with van der Waals surface area (Å²) < 4.78 is 5.11. The first-order chi connectivity index (χ1) is 7.74. The monoisotopic (exact) mass is 225 g/mol. The summed E-state index contributed by atoms with van der Waals surface area (Å²) in [6, 6.07) is -0.137. The van der Waals surface area contributed by atoms with Crippen LogP contribution >= 0.6 is 0 Å². The first kappa shape index (κ1) is 13.2. The molecule has 1 rings (SSSR count). The third kappa shape index (κ3) is 4.75. The summed E-state index contributed by atoms with van der Waals surface area (Å²) in [6.07, 6.45) is 8.54. The molecule has 0 bridgehead atoms. The summed E-state index contributed by atoms with van der Waals surface area (Å²) in [5, 5.41) is 3.83. The molecule has 4 heteroatoms. The third-order valence-corrected chi connectivity index (χ3v) is 2.64. The van der Waals surface area contributed by atoms with Gasteiger partial charge in [-0.05, 0) is 13.3 Å². The highest BCUT2D eigenvalue weighted by molar-refractivity contribution is 4.90. The van der Waals surface area contributed by atoms with Crippen molar-refractivity contribution in [1.82, 2.24) is 10.1 Å². The summed E-state index contributed by atoms with van der Waals surface area (Å²) in [6.45, 7) is 4.09. The van der Waals surface area contributed by atoms with Crippen molar-refractivity contribution >= 4 is 0 Å². The number of aryl methyl sites for hydroxylation is 1.